The minimum absolute atomic E-state index is 0.0775. The molecular formula is C12H9N5O2S2. The van der Waals surface area contributed by atoms with Crippen molar-refractivity contribution in [2.45, 2.75) is 5.16 Å². The van der Waals surface area contributed by atoms with Crippen molar-refractivity contribution in [1.82, 2.24) is 24.4 Å². The zero-order valence-electron chi connectivity index (χ0n) is 10.6. The lowest BCUT2D eigenvalue weighted by Gasteiger charge is -2.08. The van der Waals surface area contributed by atoms with E-state index in [0.717, 1.165) is 22.3 Å². The van der Waals surface area contributed by atoms with Crippen molar-refractivity contribution in [2.24, 2.45) is 0 Å². The average molecular weight is 319 g/mol. The largest absolute Gasteiger partial charge is 0.481 e. The van der Waals surface area contributed by atoms with Crippen molar-refractivity contribution in [3.63, 3.8) is 0 Å². The molecular weight excluding hydrogens is 310 g/mol. The van der Waals surface area contributed by atoms with Crippen LogP contribution in [0, 0.1) is 0 Å². The van der Waals surface area contributed by atoms with Crippen molar-refractivity contribution in [2.75, 3.05) is 5.75 Å². The van der Waals surface area contributed by atoms with Gasteiger partial charge in [-0.3, -0.25) is 9.36 Å². The third kappa shape index (κ3) is 2.93. The summed E-state index contributed by atoms with van der Waals surface area (Å²) in [6, 6.07) is 9.52. The Bertz CT molecular complexity index is 742. The van der Waals surface area contributed by atoms with E-state index in [1.807, 2.05) is 34.9 Å². The normalized spacial score (nSPS) is 10.7. The Hall–Kier alpha value is -2.26. The Labute approximate surface area is 127 Å². The Morgan fingerprint density at radius 3 is 2.76 bits per heavy atom. The van der Waals surface area contributed by atoms with E-state index in [1.54, 1.807) is 6.20 Å². The third-order valence-electron chi connectivity index (χ3n) is 2.55. The molecule has 0 aliphatic heterocycles. The van der Waals surface area contributed by atoms with E-state index < -0.39 is 5.97 Å². The summed E-state index contributed by atoms with van der Waals surface area (Å²) in [6.07, 6.45) is 1.61. The first-order chi connectivity index (χ1) is 10.3. The van der Waals surface area contributed by atoms with Gasteiger partial charge >= 0.3 is 5.97 Å². The van der Waals surface area contributed by atoms with Crippen LogP contribution in [0.5, 0.6) is 0 Å². The molecule has 0 spiro atoms. The highest BCUT2D eigenvalue weighted by atomic mass is 32.2. The standard InChI is InChI=1S/C12H9N5O2S2/c18-10(19)7-20-12-15-14-11(9-6-13-16-21-9)17(12)8-4-2-1-3-5-8/h1-6H,7H2,(H,18,19). The van der Waals surface area contributed by atoms with Gasteiger partial charge in [-0.15, -0.1) is 15.3 Å². The summed E-state index contributed by atoms with van der Waals surface area (Å²) in [5.41, 5.74) is 0.860. The summed E-state index contributed by atoms with van der Waals surface area (Å²) in [6.45, 7) is 0. The first kappa shape index (κ1) is 13.7. The molecule has 0 saturated carbocycles. The minimum atomic E-state index is -0.899. The first-order valence-corrected chi connectivity index (χ1v) is 7.65. The molecule has 0 saturated heterocycles. The van der Waals surface area contributed by atoms with Crippen LogP contribution in [0.4, 0.5) is 0 Å². The van der Waals surface area contributed by atoms with Crippen LogP contribution in [0.15, 0.2) is 41.7 Å². The molecule has 2 aromatic heterocycles. The molecule has 2 heterocycles. The van der Waals surface area contributed by atoms with E-state index in [4.69, 9.17) is 5.11 Å². The number of aromatic nitrogens is 5. The lowest BCUT2D eigenvalue weighted by Crippen LogP contribution is -2.02. The van der Waals surface area contributed by atoms with Gasteiger partial charge in [-0.05, 0) is 23.7 Å². The predicted octanol–water partition coefficient (Wildman–Crippen LogP) is 1.96. The number of benzene rings is 1. The summed E-state index contributed by atoms with van der Waals surface area (Å²) < 4.78 is 5.63. The zero-order chi connectivity index (χ0) is 14.7. The van der Waals surface area contributed by atoms with Gasteiger partial charge in [-0.2, -0.15) is 0 Å². The summed E-state index contributed by atoms with van der Waals surface area (Å²) in [5.74, 6) is -0.376. The number of carbonyl (C=O) groups is 1. The second-order valence-corrected chi connectivity index (χ2v) is 5.67. The van der Waals surface area contributed by atoms with Crippen LogP contribution in [0.3, 0.4) is 0 Å². The van der Waals surface area contributed by atoms with E-state index >= 15 is 0 Å². The van der Waals surface area contributed by atoms with Crippen LogP contribution in [0.25, 0.3) is 16.4 Å². The van der Waals surface area contributed by atoms with E-state index in [0.29, 0.717) is 11.0 Å². The maximum Gasteiger partial charge on any atom is 0.313 e. The SMILES string of the molecule is O=C(O)CSc1nnc(-c2cnns2)n1-c1ccccc1. The Balaban J connectivity index is 2.08. The van der Waals surface area contributed by atoms with Crippen LogP contribution < -0.4 is 0 Å². The summed E-state index contributed by atoms with van der Waals surface area (Å²) >= 11 is 2.33. The zero-order valence-corrected chi connectivity index (χ0v) is 12.2. The summed E-state index contributed by atoms with van der Waals surface area (Å²) in [5, 5.41) is 21.4. The lowest BCUT2D eigenvalue weighted by molar-refractivity contribution is -0.133. The van der Waals surface area contributed by atoms with Crippen molar-refractivity contribution >= 4 is 29.3 Å². The monoisotopic (exact) mass is 319 g/mol. The van der Waals surface area contributed by atoms with Gasteiger partial charge in [0.15, 0.2) is 11.0 Å². The second kappa shape index (κ2) is 6.02. The van der Waals surface area contributed by atoms with Crippen LogP contribution in [0.1, 0.15) is 0 Å². The van der Waals surface area contributed by atoms with Gasteiger partial charge in [0.2, 0.25) is 0 Å². The molecule has 1 N–H and O–H groups in total. The maximum absolute atomic E-state index is 10.8. The van der Waals surface area contributed by atoms with Gasteiger partial charge in [0.25, 0.3) is 0 Å². The molecule has 106 valence electrons. The molecule has 0 bridgehead atoms. The van der Waals surface area contributed by atoms with Crippen LogP contribution in [0.2, 0.25) is 0 Å². The van der Waals surface area contributed by atoms with Crippen molar-refractivity contribution in [1.29, 1.82) is 0 Å². The number of aliphatic carboxylic acids is 1. The number of thioether (sulfide) groups is 1. The lowest BCUT2D eigenvalue weighted by atomic mass is 10.3. The Morgan fingerprint density at radius 2 is 2.10 bits per heavy atom. The molecule has 9 heteroatoms. The number of nitrogens with zero attached hydrogens (tertiary/aromatic N) is 5. The van der Waals surface area contributed by atoms with Gasteiger partial charge < -0.3 is 5.11 Å². The molecule has 0 amide bonds. The Kier molecular flexibility index (Phi) is 3.93. The third-order valence-corrected chi connectivity index (χ3v) is 4.13. The number of hydrogen-bond acceptors (Lipinski definition) is 7. The number of rotatable bonds is 5. The highest BCUT2D eigenvalue weighted by molar-refractivity contribution is 7.99. The fourth-order valence-electron chi connectivity index (χ4n) is 1.72. The quantitative estimate of drug-likeness (QED) is 0.718. The molecule has 3 rings (SSSR count). The van der Waals surface area contributed by atoms with Gasteiger partial charge in [0, 0.05) is 5.69 Å². The van der Waals surface area contributed by atoms with E-state index in [9.17, 15) is 4.79 Å². The van der Waals surface area contributed by atoms with Gasteiger partial charge in [0.1, 0.15) is 4.88 Å². The number of carboxylic acids is 1. The highest BCUT2D eigenvalue weighted by Crippen LogP contribution is 2.28. The van der Waals surface area contributed by atoms with Crippen LogP contribution in [-0.2, 0) is 4.79 Å². The molecule has 21 heavy (non-hydrogen) atoms. The fourth-order valence-corrected chi connectivity index (χ4v) is 2.89. The number of carboxylic acid groups (broad SMARTS) is 1. The van der Waals surface area contributed by atoms with Gasteiger partial charge in [-0.25, -0.2) is 0 Å². The van der Waals surface area contributed by atoms with E-state index in [1.165, 1.54) is 11.5 Å². The minimum Gasteiger partial charge on any atom is -0.481 e. The molecule has 1 aromatic carbocycles. The van der Waals surface area contributed by atoms with E-state index in [2.05, 4.69) is 19.8 Å². The van der Waals surface area contributed by atoms with E-state index in [-0.39, 0.29) is 5.75 Å². The summed E-state index contributed by atoms with van der Waals surface area (Å²) in [4.78, 5) is 11.5. The molecule has 0 aliphatic rings. The molecule has 0 radical (unpaired) electrons. The maximum atomic E-state index is 10.8. The van der Waals surface area contributed by atoms with Crippen molar-refractivity contribution in [3.05, 3.63) is 36.5 Å². The smallest absolute Gasteiger partial charge is 0.313 e. The second-order valence-electron chi connectivity index (χ2n) is 3.94. The highest BCUT2D eigenvalue weighted by Gasteiger charge is 2.18. The first-order valence-electron chi connectivity index (χ1n) is 5.89. The summed E-state index contributed by atoms with van der Waals surface area (Å²) in [7, 11) is 0. The average Bonchev–Trinajstić information content (AvgIpc) is 3.15. The predicted molar refractivity (Wildman–Crippen MR) is 78.6 cm³/mol. The van der Waals surface area contributed by atoms with Gasteiger partial charge in [-0.1, -0.05) is 34.4 Å². The number of hydrogen-bond donors (Lipinski definition) is 1. The Morgan fingerprint density at radius 1 is 1.29 bits per heavy atom. The fraction of sp³-hybridized carbons (Fsp3) is 0.0833. The molecule has 0 aliphatic carbocycles. The number of para-hydroxylation sites is 1. The molecule has 0 fully saturated rings. The van der Waals surface area contributed by atoms with Crippen LogP contribution in [-0.4, -0.2) is 41.2 Å². The van der Waals surface area contributed by atoms with Gasteiger partial charge in [0.05, 0.1) is 11.9 Å². The molecule has 3 aromatic rings. The molecule has 0 unspecified atom stereocenters. The van der Waals surface area contributed by atoms with Crippen molar-refractivity contribution < 1.29 is 9.90 Å². The molecule has 0 atom stereocenters. The molecule has 7 nitrogen and oxygen atoms in total. The topological polar surface area (TPSA) is 93.8 Å². The van der Waals surface area contributed by atoms with Crippen LogP contribution >= 0.6 is 23.3 Å². The van der Waals surface area contributed by atoms with Crippen molar-refractivity contribution in [3.8, 4) is 16.4 Å².